The molecule has 4 amide bonds. The van der Waals surface area contributed by atoms with Gasteiger partial charge in [-0.05, 0) is 44.0 Å². The van der Waals surface area contributed by atoms with Gasteiger partial charge in [-0.1, -0.05) is 59.7 Å². The van der Waals surface area contributed by atoms with Crippen LogP contribution in [0.25, 0.3) is 0 Å². The molecular formula is C27H26N4O4. The van der Waals surface area contributed by atoms with Crippen molar-refractivity contribution in [2.45, 2.75) is 38.8 Å². The van der Waals surface area contributed by atoms with Crippen LogP contribution in [0.15, 0.2) is 76.4 Å². The van der Waals surface area contributed by atoms with E-state index in [0.717, 1.165) is 27.3 Å². The number of hydrogen-bond donors (Lipinski definition) is 1. The van der Waals surface area contributed by atoms with Gasteiger partial charge in [0.1, 0.15) is 23.9 Å². The molecule has 1 fully saturated rings. The van der Waals surface area contributed by atoms with Gasteiger partial charge in [-0.25, -0.2) is 9.80 Å². The number of amides is 4. The van der Waals surface area contributed by atoms with Crippen LogP contribution in [0.1, 0.15) is 47.4 Å². The van der Waals surface area contributed by atoms with E-state index in [1.807, 2.05) is 62.4 Å². The summed E-state index contributed by atoms with van der Waals surface area (Å²) in [7, 11) is 0. The van der Waals surface area contributed by atoms with E-state index < -0.39 is 36.0 Å². The highest BCUT2D eigenvalue weighted by Crippen LogP contribution is 2.34. The van der Waals surface area contributed by atoms with Gasteiger partial charge in [0.15, 0.2) is 0 Å². The Bertz CT molecular complexity index is 1310. The lowest BCUT2D eigenvalue weighted by atomic mass is 9.91. The molecule has 8 nitrogen and oxygen atoms in total. The minimum absolute atomic E-state index is 0.423. The van der Waals surface area contributed by atoms with E-state index in [9.17, 15) is 14.4 Å². The van der Waals surface area contributed by atoms with Crippen molar-refractivity contribution in [3.63, 3.8) is 0 Å². The lowest BCUT2D eigenvalue weighted by molar-refractivity contribution is -0.140. The molecule has 2 aliphatic rings. The predicted octanol–water partition coefficient (Wildman–Crippen LogP) is 4.04. The van der Waals surface area contributed by atoms with Gasteiger partial charge in [0.25, 0.3) is 11.8 Å². The summed E-state index contributed by atoms with van der Waals surface area (Å²) in [5.74, 6) is -0.354. The predicted molar refractivity (Wildman–Crippen MR) is 129 cm³/mol. The number of nitrogens with one attached hydrogen (secondary N) is 1. The molecule has 1 saturated heterocycles. The summed E-state index contributed by atoms with van der Waals surface area (Å²) < 4.78 is 5.59. The molecule has 35 heavy (non-hydrogen) atoms. The molecule has 0 bridgehead atoms. The van der Waals surface area contributed by atoms with E-state index in [4.69, 9.17) is 4.42 Å². The number of furan rings is 1. The molecule has 178 valence electrons. The molecule has 0 saturated carbocycles. The number of rotatable bonds is 5. The monoisotopic (exact) mass is 470 g/mol. The minimum Gasteiger partial charge on any atom is -0.467 e. The van der Waals surface area contributed by atoms with Crippen LogP contribution >= 0.6 is 0 Å². The van der Waals surface area contributed by atoms with E-state index in [1.165, 1.54) is 5.01 Å². The Labute approximate surface area is 203 Å². The Morgan fingerprint density at radius 3 is 2.34 bits per heavy atom. The first-order valence-electron chi connectivity index (χ1n) is 11.5. The van der Waals surface area contributed by atoms with Crippen LogP contribution in [0.5, 0.6) is 0 Å². The SMILES string of the molecule is Cc1ccc(C2=NN(C(=O)CN3C(=O)N[C@@](C)(c4ccc(C)cc4)C3=O)[C@@H](c3ccco3)C2)cc1. The third kappa shape index (κ3) is 4.01. The number of aryl methyl sites for hydroxylation is 2. The highest BCUT2D eigenvalue weighted by molar-refractivity contribution is 6.09. The average Bonchev–Trinajstić information content (AvgIpc) is 3.56. The summed E-state index contributed by atoms with van der Waals surface area (Å²) in [5, 5.41) is 8.67. The van der Waals surface area contributed by atoms with Crippen molar-refractivity contribution in [1.82, 2.24) is 15.2 Å². The topological polar surface area (TPSA) is 95.2 Å². The molecule has 0 spiro atoms. The first-order valence-corrected chi connectivity index (χ1v) is 11.5. The lowest BCUT2D eigenvalue weighted by Crippen LogP contribution is -2.43. The lowest BCUT2D eigenvalue weighted by Gasteiger charge is -2.24. The van der Waals surface area contributed by atoms with Crippen molar-refractivity contribution in [2.75, 3.05) is 6.54 Å². The summed E-state index contributed by atoms with van der Waals surface area (Å²) in [6.45, 7) is 5.18. The zero-order chi connectivity index (χ0) is 24.7. The Morgan fingerprint density at radius 1 is 1.06 bits per heavy atom. The van der Waals surface area contributed by atoms with Gasteiger partial charge in [0, 0.05) is 6.42 Å². The van der Waals surface area contributed by atoms with Crippen molar-refractivity contribution >= 4 is 23.6 Å². The van der Waals surface area contributed by atoms with E-state index in [2.05, 4.69) is 10.4 Å². The minimum atomic E-state index is -1.24. The standard InChI is InChI=1S/C27H26N4O4/c1-17-6-10-19(11-7-17)21-15-22(23-5-4-14-35-23)31(29-21)24(32)16-30-25(33)27(3,28-26(30)34)20-12-8-18(2)9-13-20/h4-14,22H,15-16H2,1-3H3,(H,28,34)/t22-,27+/m1/s1. The molecule has 1 N–H and O–H groups in total. The van der Waals surface area contributed by atoms with E-state index in [0.29, 0.717) is 17.7 Å². The summed E-state index contributed by atoms with van der Waals surface area (Å²) in [4.78, 5) is 40.5. The third-order valence-corrected chi connectivity index (χ3v) is 6.62. The second-order valence-corrected chi connectivity index (χ2v) is 9.20. The summed E-state index contributed by atoms with van der Waals surface area (Å²) in [6.07, 6.45) is 2.01. The number of benzene rings is 2. The molecule has 0 radical (unpaired) electrons. The molecule has 8 heteroatoms. The molecule has 0 aliphatic carbocycles. The number of nitrogens with zero attached hydrogens (tertiary/aromatic N) is 3. The second kappa shape index (κ2) is 8.54. The third-order valence-electron chi connectivity index (χ3n) is 6.62. The number of hydrazone groups is 1. The molecule has 1 aromatic heterocycles. The van der Waals surface area contributed by atoms with Crippen molar-refractivity contribution in [3.8, 4) is 0 Å². The Morgan fingerprint density at radius 2 is 1.71 bits per heavy atom. The van der Waals surface area contributed by atoms with Crippen LogP contribution < -0.4 is 5.32 Å². The molecule has 2 aromatic carbocycles. The fourth-order valence-electron chi connectivity index (χ4n) is 4.49. The van der Waals surface area contributed by atoms with Crippen molar-refractivity contribution in [3.05, 3.63) is 94.9 Å². The maximum atomic E-state index is 13.4. The first kappa shape index (κ1) is 22.6. The van der Waals surface area contributed by atoms with E-state index in [-0.39, 0.29) is 0 Å². The Hall–Kier alpha value is -4.20. The van der Waals surface area contributed by atoms with Crippen molar-refractivity contribution in [2.24, 2.45) is 5.10 Å². The highest BCUT2D eigenvalue weighted by Gasteiger charge is 2.50. The van der Waals surface area contributed by atoms with Gasteiger partial charge in [0.05, 0.1) is 12.0 Å². The summed E-state index contributed by atoms with van der Waals surface area (Å²) in [5.41, 5.74) is 3.23. The van der Waals surface area contributed by atoms with Crippen molar-refractivity contribution in [1.29, 1.82) is 0 Å². The number of carbonyl (C=O) groups is 3. The van der Waals surface area contributed by atoms with Crippen molar-refractivity contribution < 1.29 is 18.8 Å². The van der Waals surface area contributed by atoms with Gasteiger partial charge in [-0.15, -0.1) is 0 Å². The largest absolute Gasteiger partial charge is 0.467 e. The maximum Gasteiger partial charge on any atom is 0.325 e. The summed E-state index contributed by atoms with van der Waals surface area (Å²) in [6, 6.07) is 17.8. The highest BCUT2D eigenvalue weighted by atomic mass is 16.3. The number of imide groups is 1. The summed E-state index contributed by atoms with van der Waals surface area (Å²) >= 11 is 0. The van der Waals surface area contributed by atoms with Crippen LogP contribution in [-0.2, 0) is 15.1 Å². The molecule has 3 heterocycles. The quantitative estimate of drug-likeness (QED) is 0.570. The normalized spacial score (nSPS) is 21.9. The van der Waals surface area contributed by atoms with Crippen LogP contribution in [0.4, 0.5) is 4.79 Å². The van der Waals surface area contributed by atoms with Gasteiger partial charge in [-0.2, -0.15) is 5.10 Å². The Kier molecular flexibility index (Phi) is 5.51. The second-order valence-electron chi connectivity index (χ2n) is 9.20. The zero-order valence-electron chi connectivity index (χ0n) is 19.8. The van der Waals surface area contributed by atoms with E-state index in [1.54, 1.807) is 25.3 Å². The molecule has 0 unspecified atom stereocenters. The van der Waals surface area contributed by atoms with Gasteiger partial charge in [-0.3, -0.25) is 14.5 Å². The van der Waals surface area contributed by atoms with Gasteiger partial charge < -0.3 is 9.73 Å². The van der Waals surface area contributed by atoms with Gasteiger partial charge in [0.2, 0.25) is 0 Å². The zero-order valence-corrected chi connectivity index (χ0v) is 19.8. The first-order chi connectivity index (χ1) is 16.8. The Balaban J connectivity index is 1.40. The fourth-order valence-corrected chi connectivity index (χ4v) is 4.49. The smallest absolute Gasteiger partial charge is 0.325 e. The molecule has 2 atom stereocenters. The maximum absolute atomic E-state index is 13.4. The number of hydrogen-bond acceptors (Lipinski definition) is 5. The number of carbonyl (C=O) groups excluding carboxylic acids is 3. The van der Waals surface area contributed by atoms with Crippen LogP contribution in [0, 0.1) is 13.8 Å². The van der Waals surface area contributed by atoms with Crippen LogP contribution in [0.3, 0.4) is 0 Å². The molecule has 5 rings (SSSR count). The average molecular weight is 471 g/mol. The van der Waals surface area contributed by atoms with Crippen LogP contribution in [0.2, 0.25) is 0 Å². The molecule has 3 aromatic rings. The fraction of sp³-hybridized carbons (Fsp3) is 0.259. The molecule has 2 aliphatic heterocycles. The van der Waals surface area contributed by atoms with E-state index >= 15 is 0 Å². The molecular weight excluding hydrogens is 444 g/mol. The van der Waals surface area contributed by atoms with Crippen LogP contribution in [-0.4, -0.2) is 40.0 Å². The van der Waals surface area contributed by atoms with Gasteiger partial charge >= 0.3 is 6.03 Å². The number of urea groups is 1.